The number of hydrogen-bond donors (Lipinski definition) is 1. The minimum Gasteiger partial charge on any atom is -0.508 e. The topological polar surface area (TPSA) is 50.2 Å². The van der Waals surface area contributed by atoms with Crippen molar-refractivity contribution in [3.63, 3.8) is 0 Å². The third kappa shape index (κ3) is 2.09. The van der Waals surface area contributed by atoms with E-state index in [-0.39, 0.29) is 16.9 Å². The molecule has 1 aliphatic rings. The molecule has 1 heterocycles. The van der Waals surface area contributed by atoms with Crippen LogP contribution < -0.4 is 0 Å². The normalized spacial score (nSPS) is 16.8. The van der Waals surface area contributed by atoms with Crippen molar-refractivity contribution in [2.24, 2.45) is 5.41 Å². The number of hydrogen-bond acceptors (Lipinski definition) is 3. The number of phenols is 1. The minimum absolute atomic E-state index is 0.175. The molecule has 3 nitrogen and oxygen atoms in total. The summed E-state index contributed by atoms with van der Waals surface area (Å²) < 4.78 is 0. The number of aryl methyl sites for hydroxylation is 1. The third-order valence-corrected chi connectivity index (χ3v) is 3.96. The quantitative estimate of drug-likeness (QED) is 0.858. The molecule has 0 unspecified atom stereocenters. The maximum absolute atomic E-state index is 12.4. The average molecular weight is 267 g/mol. The number of nitrogens with zero attached hydrogens (tertiary/aromatic N) is 1. The van der Waals surface area contributed by atoms with E-state index < -0.39 is 0 Å². The Kier molecular flexibility index (Phi) is 2.85. The summed E-state index contributed by atoms with van der Waals surface area (Å²) in [6, 6.07) is 10.7. The van der Waals surface area contributed by atoms with E-state index in [2.05, 4.69) is 4.98 Å². The Hall–Kier alpha value is -2.16. The Morgan fingerprint density at radius 1 is 1.20 bits per heavy atom. The van der Waals surface area contributed by atoms with Crippen LogP contribution in [0.15, 0.2) is 36.4 Å². The van der Waals surface area contributed by atoms with Gasteiger partial charge in [-0.25, -0.2) is 0 Å². The summed E-state index contributed by atoms with van der Waals surface area (Å²) in [5.41, 5.74) is 2.99. The van der Waals surface area contributed by atoms with Gasteiger partial charge in [-0.15, -0.1) is 0 Å². The van der Waals surface area contributed by atoms with Crippen LogP contribution in [0, 0.1) is 5.41 Å². The van der Waals surface area contributed by atoms with Gasteiger partial charge in [0, 0.05) is 16.5 Å². The van der Waals surface area contributed by atoms with E-state index in [1.54, 1.807) is 18.2 Å². The largest absolute Gasteiger partial charge is 0.508 e. The molecular weight excluding hydrogens is 250 g/mol. The number of pyridine rings is 1. The number of carbonyl (C=O) groups is 1. The van der Waals surface area contributed by atoms with Gasteiger partial charge in [-0.2, -0.15) is 0 Å². The number of aromatic nitrogens is 1. The predicted molar refractivity (Wildman–Crippen MR) is 77.8 cm³/mol. The fourth-order valence-corrected chi connectivity index (χ4v) is 2.63. The maximum Gasteiger partial charge on any atom is 0.170 e. The van der Waals surface area contributed by atoms with E-state index in [1.165, 1.54) is 0 Å². The van der Waals surface area contributed by atoms with Crippen molar-refractivity contribution in [1.29, 1.82) is 0 Å². The van der Waals surface area contributed by atoms with Gasteiger partial charge in [0.25, 0.3) is 0 Å². The number of aromatic hydroxyl groups is 1. The molecule has 1 N–H and O–H groups in total. The summed E-state index contributed by atoms with van der Waals surface area (Å²) in [4.78, 5) is 17.0. The Bertz CT molecular complexity index is 689. The van der Waals surface area contributed by atoms with Gasteiger partial charge in [0.05, 0.1) is 11.4 Å². The Morgan fingerprint density at radius 2 is 2.00 bits per heavy atom. The zero-order chi connectivity index (χ0) is 14.3. The van der Waals surface area contributed by atoms with E-state index in [0.29, 0.717) is 0 Å². The van der Waals surface area contributed by atoms with E-state index in [1.807, 2.05) is 32.0 Å². The molecule has 1 aromatic heterocycles. The van der Waals surface area contributed by atoms with Crippen LogP contribution in [0.5, 0.6) is 5.75 Å². The van der Waals surface area contributed by atoms with Gasteiger partial charge in [-0.3, -0.25) is 9.78 Å². The van der Waals surface area contributed by atoms with Crippen molar-refractivity contribution in [1.82, 2.24) is 4.98 Å². The second-order valence-corrected chi connectivity index (χ2v) is 5.95. The molecule has 102 valence electrons. The highest BCUT2D eigenvalue weighted by molar-refractivity contribution is 6.02. The number of benzene rings is 1. The van der Waals surface area contributed by atoms with Crippen molar-refractivity contribution < 1.29 is 9.90 Å². The first-order chi connectivity index (χ1) is 9.47. The average Bonchev–Trinajstić information content (AvgIpc) is 2.43. The Morgan fingerprint density at radius 3 is 2.75 bits per heavy atom. The lowest BCUT2D eigenvalue weighted by Crippen LogP contribution is -2.31. The molecule has 0 spiro atoms. The van der Waals surface area contributed by atoms with Crippen LogP contribution in [0.4, 0.5) is 0 Å². The second-order valence-electron chi connectivity index (χ2n) is 5.95. The number of phenolic OH excluding ortho intramolecular Hbond substituents is 1. The van der Waals surface area contributed by atoms with Crippen molar-refractivity contribution in [2.45, 2.75) is 26.7 Å². The molecule has 0 atom stereocenters. The first-order valence-electron chi connectivity index (χ1n) is 6.81. The van der Waals surface area contributed by atoms with Gasteiger partial charge in [0.1, 0.15) is 5.75 Å². The van der Waals surface area contributed by atoms with Gasteiger partial charge in [0.15, 0.2) is 5.78 Å². The lowest BCUT2D eigenvalue weighted by Gasteiger charge is -2.29. The summed E-state index contributed by atoms with van der Waals surface area (Å²) in [6.45, 7) is 3.98. The molecule has 0 bridgehead atoms. The first kappa shape index (κ1) is 12.9. The minimum atomic E-state index is -0.290. The first-order valence-corrected chi connectivity index (χ1v) is 6.81. The molecule has 0 aliphatic heterocycles. The van der Waals surface area contributed by atoms with Crippen LogP contribution in [0.3, 0.4) is 0 Å². The number of rotatable bonds is 1. The molecule has 0 saturated carbocycles. The molecule has 0 saturated heterocycles. The summed E-state index contributed by atoms with van der Waals surface area (Å²) in [6.07, 6.45) is 1.65. The van der Waals surface area contributed by atoms with Gasteiger partial charge in [-0.1, -0.05) is 26.0 Å². The van der Waals surface area contributed by atoms with Crippen molar-refractivity contribution in [3.8, 4) is 17.0 Å². The molecule has 1 aliphatic carbocycles. The fraction of sp³-hybridized carbons (Fsp3) is 0.294. The van der Waals surface area contributed by atoms with E-state index in [4.69, 9.17) is 0 Å². The summed E-state index contributed by atoms with van der Waals surface area (Å²) in [5, 5.41) is 9.54. The summed E-state index contributed by atoms with van der Waals surface area (Å²) >= 11 is 0. The van der Waals surface area contributed by atoms with E-state index in [0.717, 1.165) is 35.4 Å². The van der Waals surface area contributed by atoms with Crippen LogP contribution in [0.25, 0.3) is 11.3 Å². The molecule has 1 aromatic carbocycles. The van der Waals surface area contributed by atoms with Crippen LogP contribution in [-0.4, -0.2) is 15.9 Å². The smallest absolute Gasteiger partial charge is 0.170 e. The van der Waals surface area contributed by atoms with Crippen molar-refractivity contribution in [3.05, 3.63) is 47.7 Å². The molecular formula is C17H17NO2. The van der Waals surface area contributed by atoms with Gasteiger partial charge in [-0.05, 0) is 37.1 Å². The number of fused-ring (bicyclic) bond motifs is 1. The van der Waals surface area contributed by atoms with Crippen molar-refractivity contribution >= 4 is 5.78 Å². The lowest BCUT2D eigenvalue weighted by atomic mass is 9.75. The van der Waals surface area contributed by atoms with Crippen LogP contribution in [0.1, 0.15) is 36.3 Å². The van der Waals surface area contributed by atoms with E-state index >= 15 is 0 Å². The number of Topliss-reactive ketones (excluding diaryl/α,β-unsaturated/α-hetero) is 1. The molecule has 20 heavy (non-hydrogen) atoms. The Labute approximate surface area is 118 Å². The zero-order valence-corrected chi connectivity index (χ0v) is 11.7. The van der Waals surface area contributed by atoms with Crippen LogP contribution >= 0.6 is 0 Å². The van der Waals surface area contributed by atoms with Crippen LogP contribution in [-0.2, 0) is 6.42 Å². The number of carbonyl (C=O) groups excluding carboxylic acids is 1. The highest BCUT2D eigenvalue weighted by Crippen LogP contribution is 2.35. The van der Waals surface area contributed by atoms with Crippen LogP contribution in [0.2, 0.25) is 0 Å². The summed E-state index contributed by atoms with van der Waals surface area (Å²) in [5.74, 6) is 0.396. The number of ketones is 1. The van der Waals surface area contributed by atoms with E-state index in [9.17, 15) is 9.90 Å². The molecule has 2 aromatic rings. The lowest BCUT2D eigenvalue weighted by molar-refractivity contribution is 0.0809. The second kappa shape index (κ2) is 4.44. The molecule has 3 rings (SSSR count). The predicted octanol–water partition coefficient (Wildman–Crippen LogP) is 3.61. The fourth-order valence-electron chi connectivity index (χ4n) is 2.63. The summed E-state index contributed by atoms with van der Waals surface area (Å²) in [7, 11) is 0. The Balaban J connectivity index is 2.05. The SMILES string of the molecule is CC1(C)CCc2nc(-c3cccc(O)c3)ccc2C1=O. The molecule has 3 heteroatoms. The van der Waals surface area contributed by atoms with Gasteiger partial charge >= 0.3 is 0 Å². The highest BCUT2D eigenvalue weighted by Gasteiger charge is 2.34. The molecule has 0 fully saturated rings. The monoisotopic (exact) mass is 267 g/mol. The highest BCUT2D eigenvalue weighted by atomic mass is 16.3. The maximum atomic E-state index is 12.4. The van der Waals surface area contributed by atoms with Gasteiger partial charge < -0.3 is 5.11 Å². The molecule has 0 radical (unpaired) electrons. The zero-order valence-electron chi connectivity index (χ0n) is 11.7. The standard InChI is InChI=1S/C17H17NO2/c1-17(2)9-8-15-13(16(17)20)6-7-14(18-15)11-4-3-5-12(19)10-11/h3-7,10,19H,8-9H2,1-2H3. The van der Waals surface area contributed by atoms with Crippen molar-refractivity contribution in [2.75, 3.05) is 0 Å². The third-order valence-electron chi connectivity index (χ3n) is 3.96. The van der Waals surface area contributed by atoms with Gasteiger partial charge in [0.2, 0.25) is 0 Å². The molecule has 0 amide bonds.